The van der Waals surface area contributed by atoms with E-state index in [1.54, 1.807) is 13.0 Å². The zero-order valence-corrected chi connectivity index (χ0v) is 17.3. The van der Waals surface area contributed by atoms with Crippen molar-refractivity contribution in [3.05, 3.63) is 59.2 Å². The van der Waals surface area contributed by atoms with Gasteiger partial charge in [-0.15, -0.1) is 0 Å². The minimum atomic E-state index is -0.304. The number of hydrogen-bond acceptors (Lipinski definition) is 4. The van der Waals surface area contributed by atoms with Gasteiger partial charge >= 0.3 is 5.97 Å². The number of rotatable bonds is 7. The van der Waals surface area contributed by atoms with Crippen LogP contribution in [0.25, 0.3) is 0 Å². The number of aryl methyl sites for hydroxylation is 1. The second kappa shape index (κ2) is 9.55. The Hall–Kier alpha value is -2.60. The van der Waals surface area contributed by atoms with E-state index in [1.807, 2.05) is 19.1 Å². The van der Waals surface area contributed by atoms with E-state index >= 15 is 0 Å². The number of thiocarbonyl (C=S) groups is 1. The van der Waals surface area contributed by atoms with E-state index in [-0.39, 0.29) is 5.97 Å². The summed E-state index contributed by atoms with van der Waals surface area (Å²) in [6.07, 6.45) is 2.14. The SMILES string of the molecule is CCOC(=O)c1ccc(NC(=S)NCCCN2CCc3ccccc32)c(C)c1. The first-order valence-electron chi connectivity index (χ1n) is 9.74. The standard InChI is InChI=1S/C22H27N3O2S/c1-3-27-21(26)18-9-10-19(16(2)15-18)24-22(28)23-12-6-13-25-14-11-17-7-4-5-8-20(17)25/h4-5,7-10,15H,3,6,11-14H2,1-2H3,(H2,23,24,28). The lowest BCUT2D eigenvalue weighted by Gasteiger charge is -2.20. The Morgan fingerprint density at radius 1 is 1.25 bits per heavy atom. The zero-order chi connectivity index (χ0) is 19.9. The molecule has 1 aliphatic rings. The Bertz CT molecular complexity index is 853. The predicted molar refractivity (Wildman–Crippen MR) is 118 cm³/mol. The molecule has 0 spiro atoms. The fourth-order valence-corrected chi connectivity index (χ4v) is 3.63. The monoisotopic (exact) mass is 397 g/mol. The summed E-state index contributed by atoms with van der Waals surface area (Å²) in [5, 5.41) is 7.06. The molecule has 0 fully saturated rings. The highest BCUT2D eigenvalue weighted by atomic mass is 32.1. The molecule has 0 radical (unpaired) electrons. The summed E-state index contributed by atoms with van der Waals surface area (Å²) in [7, 11) is 0. The van der Waals surface area contributed by atoms with E-state index in [4.69, 9.17) is 17.0 Å². The van der Waals surface area contributed by atoms with Crippen LogP contribution in [0.4, 0.5) is 11.4 Å². The van der Waals surface area contributed by atoms with Crippen LogP contribution in [0, 0.1) is 6.92 Å². The van der Waals surface area contributed by atoms with Gasteiger partial charge in [0.05, 0.1) is 12.2 Å². The summed E-state index contributed by atoms with van der Waals surface area (Å²) in [4.78, 5) is 14.2. The van der Waals surface area contributed by atoms with Crippen LogP contribution in [-0.4, -0.2) is 37.3 Å². The van der Waals surface area contributed by atoms with E-state index in [1.165, 1.54) is 11.3 Å². The maximum Gasteiger partial charge on any atom is 0.338 e. The number of hydrogen-bond donors (Lipinski definition) is 2. The minimum absolute atomic E-state index is 0.304. The van der Waals surface area contributed by atoms with Crippen LogP contribution in [0.3, 0.4) is 0 Å². The van der Waals surface area contributed by atoms with Gasteiger partial charge in [0.25, 0.3) is 0 Å². The number of nitrogens with one attached hydrogen (secondary N) is 2. The summed E-state index contributed by atoms with van der Waals surface area (Å²) in [6, 6.07) is 14.0. The molecule has 1 aliphatic heterocycles. The number of esters is 1. The van der Waals surface area contributed by atoms with Crippen molar-refractivity contribution in [3.8, 4) is 0 Å². The molecule has 0 bridgehead atoms. The van der Waals surface area contributed by atoms with Crippen molar-refractivity contribution in [2.24, 2.45) is 0 Å². The smallest absolute Gasteiger partial charge is 0.338 e. The molecule has 0 amide bonds. The molecular weight excluding hydrogens is 370 g/mol. The molecule has 0 aliphatic carbocycles. The van der Waals surface area contributed by atoms with E-state index in [2.05, 4.69) is 39.8 Å². The summed E-state index contributed by atoms with van der Waals surface area (Å²) in [6.45, 7) is 7.03. The Morgan fingerprint density at radius 2 is 2.07 bits per heavy atom. The van der Waals surface area contributed by atoms with E-state index in [0.29, 0.717) is 17.3 Å². The molecule has 0 atom stereocenters. The molecule has 2 N–H and O–H groups in total. The van der Waals surface area contributed by atoms with Gasteiger partial charge in [0.15, 0.2) is 5.11 Å². The highest BCUT2D eigenvalue weighted by molar-refractivity contribution is 7.80. The second-order valence-corrected chi connectivity index (χ2v) is 7.26. The molecule has 148 valence electrons. The summed E-state index contributed by atoms with van der Waals surface area (Å²) in [5.41, 5.74) is 5.19. The number of carbonyl (C=O) groups is 1. The Morgan fingerprint density at radius 3 is 2.86 bits per heavy atom. The van der Waals surface area contributed by atoms with Crippen LogP contribution < -0.4 is 15.5 Å². The van der Waals surface area contributed by atoms with Crippen molar-refractivity contribution >= 4 is 34.7 Å². The fraction of sp³-hybridized carbons (Fsp3) is 0.364. The Balaban J connectivity index is 1.43. The van der Waals surface area contributed by atoms with Gasteiger partial charge in [-0.3, -0.25) is 0 Å². The molecular formula is C22H27N3O2S. The zero-order valence-electron chi connectivity index (χ0n) is 16.5. The van der Waals surface area contributed by atoms with Crippen molar-refractivity contribution < 1.29 is 9.53 Å². The Labute approximate surface area is 172 Å². The third-order valence-corrected chi connectivity index (χ3v) is 5.11. The highest BCUT2D eigenvalue weighted by Gasteiger charge is 2.17. The van der Waals surface area contributed by atoms with Crippen molar-refractivity contribution in [1.29, 1.82) is 0 Å². The first-order valence-corrected chi connectivity index (χ1v) is 10.1. The van der Waals surface area contributed by atoms with Gasteiger partial charge in [-0.1, -0.05) is 18.2 Å². The highest BCUT2D eigenvalue weighted by Crippen LogP contribution is 2.27. The molecule has 1 heterocycles. The lowest BCUT2D eigenvalue weighted by atomic mass is 10.1. The number of para-hydroxylation sites is 1. The second-order valence-electron chi connectivity index (χ2n) is 6.85. The molecule has 0 unspecified atom stereocenters. The van der Waals surface area contributed by atoms with Crippen LogP contribution in [0.1, 0.15) is 34.8 Å². The van der Waals surface area contributed by atoms with Gasteiger partial charge < -0.3 is 20.3 Å². The number of benzene rings is 2. The molecule has 2 aromatic carbocycles. The average Bonchev–Trinajstić information content (AvgIpc) is 3.10. The van der Waals surface area contributed by atoms with Gasteiger partial charge in [0, 0.05) is 31.0 Å². The number of anilines is 2. The van der Waals surface area contributed by atoms with Crippen molar-refractivity contribution in [1.82, 2.24) is 5.32 Å². The van der Waals surface area contributed by atoms with Gasteiger partial charge in [0.1, 0.15) is 0 Å². The lowest BCUT2D eigenvalue weighted by Crippen LogP contribution is -2.32. The molecule has 0 saturated carbocycles. The van der Waals surface area contributed by atoms with Gasteiger partial charge in [-0.25, -0.2) is 4.79 Å². The molecule has 0 saturated heterocycles. The van der Waals surface area contributed by atoms with Crippen LogP contribution in [0.2, 0.25) is 0 Å². The number of nitrogens with zero attached hydrogens (tertiary/aromatic N) is 1. The number of fused-ring (bicyclic) bond motifs is 1. The molecule has 0 aromatic heterocycles. The summed E-state index contributed by atoms with van der Waals surface area (Å²) < 4.78 is 5.03. The lowest BCUT2D eigenvalue weighted by molar-refractivity contribution is 0.0526. The maximum absolute atomic E-state index is 11.8. The van der Waals surface area contributed by atoms with Gasteiger partial charge in [0.2, 0.25) is 0 Å². The minimum Gasteiger partial charge on any atom is -0.462 e. The third kappa shape index (κ3) is 5.01. The van der Waals surface area contributed by atoms with Gasteiger partial charge in [-0.2, -0.15) is 0 Å². The van der Waals surface area contributed by atoms with Crippen molar-refractivity contribution in [2.75, 3.05) is 36.5 Å². The third-order valence-electron chi connectivity index (χ3n) is 4.86. The normalized spacial score (nSPS) is 12.4. The molecule has 5 nitrogen and oxygen atoms in total. The van der Waals surface area contributed by atoms with Crippen molar-refractivity contribution in [3.63, 3.8) is 0 Å². The molecule has 3 rings (SSSR count). The average molecular weight is 398 g/mol. The largest absolute Gasteiger partial charge is 0.462 e. The molecule has 2 aromatic rings. The fourth-order valence-electron chi connectivity index (χ4n) is 3.42. The maximum atomic E-state index is 11.8. The van der Waals surface area contributed by atoms with Crippen molar-refractivity contribution in [2.45, 2.75) is 26.7 Å². The van der Waals surface area contributed by atoms with E-state index < -0.39 is 0 Å². The van der Waals surface area contributed by atoms with Gasteiger partial charge in [-0.05, 0) is 74.3 Å². The number of ether oxygens (including phenoxy) is 1. The van der Waals surface area contributed by atoms with Crippen LogP contribution in [-0.2, 0) is 11.2 Å². The molecule has 28 heavy (non-hydrogen) atoms. The first-order chi connectivity index (χ1) is 13.6. The van der Waals surface area contributed by atoms with Crippen LogP contribution in [0.15, 0.2) is 42.5 Å². The van der Waals surface area contributed by atoms with Crippen LogP contribution >= 0.6 is 12.2 Å². The van der Waals surface area contributed by atoms with Crippen LogP contribution in [0.5, 0.6) is 0 Å². The van der Waals surface area contributed by atoms with E-state index in [0.717, 1.165) is 43.7 Å². The summed E-state index contributed by atoms with van der Waals surface area (Å²) >= 11 is 5.41. The predicted octanol–water partition coefficient (Wildman–Crippen LogP) is 3.91. The molecule has 6 heteroatoms. The quantitative estimate of drug-likeness (QED) is 0.420. The van der Waals surface area contributed by atoms with E-state index in [9.17, 15) is 4.79 Å². The number of carbonyl (C=O) groups excluding carboxylic acids is 1. The summed E-state index contributed by atoms with van der Waals surface area (Å²) in [5.74, 6) is -0.304. The first kappa shape index (κ1) is 20.1. The topological polar surface area (TPSA) is 53.6 Å². The Kier molecular flexibility index (Phi) is 6.87.